The van der Waals surface area contributed by atoms with Crippen molar-refractivity contribution in [3.8, 4) is 0 Å². The van der Waals surface area contributed by atoms with E-state index in [0.29, 0.717) is 25.1 Å². The van der Waals surface area contributed by atoms with Crippen LogP contribution in [-0.4, -0.2) is 50.5 Å². The van der Waals surface area contributed by atoms with Gasteiger partial charge in [0.2, 0.25) is 21.8 Å². The molecule has 0 fully saturated rings. The molecule has 3 aromatic carbocycles. The highest BCUT2D eigenvalue weighted by molar-refractivity contribution is 7.92. The van der Waals surface area contributed by atoms with Gasteiger partial charge in [0.15, 0.2) is 0 Å². The first-order valence-corrected chi connectivity index (χ1v) is 15.6. The quantitative estimate of drug-likeness (QED) is 0.319. The molecule has 0 aliphatic carbocycles. The third kappa shape index (κ3) is 8.42. The number of likely N-dealkylation sites (N-methyl/N-ethyl adjacent to an activating group) is 1. The zero-order chi connectivity index (χ0) is 29.3. The molecule has 3 aromatic rings. The summed E-state index contributed by atoms with van der Waals surface area (Å²) in [5, 5.41) is 2.91. The Morgan fingerprint density at radius 1 is 0.875 bits per heavy atom. The lowest BCUT2D eigenvalue weighted by Gasteiger charge is -2.32. The molecule has 40 heavy (non-hydrogen) atoms. The molecule has 1 atom stereocenters. The molecule has 0 aliphatic heterocycles. The third-order valence-corrected chi connectivity index (χ3v) is 8.35. The lowest BCUT2D eigenvalue weighted by molar-refractivity contribution is -0.141. The van der Waals surface area contributed by atoms with E-state index in [-0.39, 0.29) is 31.3 Å². The monoisotopic (exact) mass is 563 g/mol. The number of carbonyl (C=O) groups is 2. The Kier molecular flexibility index (Phi) is 10.9. The second-order valence-electron chi connectivity index (χ2n) is 10.3. The Labute approximate surface area is 239 Å². The predicted molar refractivity (Wildman–Crippen MR) is 162 cm³/mol. The van der Waals surface area contributed by atoms with E-state index in [1.807, 2.05) is 94.4 Å². The van der Waals surface area contributed by atoms with Crippen LogP contribution in [0.4, 0.5) is 5.69 Å². The van der Waals surface area contributed by atoms with Crippen LogP contribution in [0, 0.1) is 20.8 Å². The van der Waals surface area contributed by atoms with Gasteiger partial charge in [-0.05, 0) is 74.1 Å². The average Bonchev–Trinajstić information content (AvgIpc) is 2.91. The summed E-state index contributed by atoms with van der Waals surface area (Å²) in [6.45, 7) is 8.67. The van der Waals surface area contributed by atoms with Crippen LogP contribution in [0.5, 0.6) is 0 Å². The molecular weight excluding hydrogens is 522 g/mol. The number of anilines is 1. The fourth-order valence-electron chi connectivity index (χ4n) is 4.70. The Bertz CT molecular complexity index is 1410. The predicted octanol–water partition coefficient (Wildman–Crippen LogP) is 4.93. The zero-order valence-corrected chi connectivity index (χ0v) is 25.0. The average molecular weight is 564 g/mol. The Balaban J connectivity index is 1.87. The van der Waals surface area contributed by atoms with Crippen molar-refractivity contribution in [3.63, 3.8) is 0 Å². The fraction of sp³-hybridized carbons (Fsp3) is 0.375. The zero-order valence-electron chi connectivity index (χ0n) is 24.2. The van der Waals surface area contributed by atoms with Gasteiger partial charge < -0.3 is 10.2 Å². The summed E-state index contributed by atoms with van der Waals surface area (Å²) >= 11 is 0. The Hall–Kier alpha value is -3.65. The van der Waals surface area contributed by atoms with E-state index in [0.717, 1.165) is 27.8 Å². The van der Waals surface area contributed by atoms with Gasteiger partial charge in [-0.25, -0.2) is 8.42 Å². The number of benzene rings is 3. The summed E-state index contributed by atoms with van der Waals surface area (Å²) in [7, 11) is -3.55. The largest absolute Gasteiger partial charge is 0.355 e. The number of hydrogen-bond donors (Lipinski definition) is 1. The number of aryl methyl sites for hydroxylation is 3. The normalized spacial score (nSPS) is 12.0. The molecule has 0 saturated heterocycles. The summed E-state index contributed by atoms with van der Waals surface area (Å²) in [5.74, 6) is -0.398. The van der Waals surface area contributed by atoms with Crippen molar-refractivity contribution in [2.75, 3.05) is 23.7 Å². The summed E-state index contributed by atoms with van der Waals surface area (Å²) in [6.07, 6.45) is 1.98. The molecule has 214 valence electrons. The second kappa shape index (κ2) is 14.1. The standard InChI is InChI=1S/C32H41N3O4S/c1-6-33-32(37)30(22-27-14-8-7-9-15-27)34(23-28-16-11-10-13-25(28)3)31(36)17-12-20-35(40(5,38)39)29-19-18-24(2)26(4)21-29/h7-11,13-16,18-19,21,30H,6,12,17,20,22-23H2,1-5H3,(H,33,37)/t30-/m1/s1. The summed E-state index contributed by atoms with van der Waals surface area (Å²) in [6, 6.07) is 22.3. The molecule has 8 heteroatoms. The van der Waals surface area contributed by atoms with Crippen molar-refractivity contribution in [2.24, 2.45) is 0 Å². The van der Waals surface area contributed by atoms with Gasteiger partial charge in [0.1, 0.15) is 6.04 Å². The molecule has 0 bridgehead atoms. The minimum atomic E-state index is -3.55. The molecule has 1 N–H and O–H groups in total. The van der Waals surface area contributed by atoms with E-state index in [2.05, 4.69) is 5.32 Å². The number of carbonyl (C=O) groups excluding carboxylic acids is 2. The van der Waals surface area contributed by atoms with Crippen LogP contribution >= 0.6 is 0 Å². The van der Waals surface area contributed by atoms with E-state index in [1.165, 1.54) is 10.6 Å². The van der Waals surface area contributed by atoms with E-state index >= 15 is 0 Å². The van der Waals surface area contributed by atoms with Crippen LogP contribution in [-0.2, 0) is 32.6 Å². The van der Waals surface area contributed by atoms with Gasteiger partial charge in [-0.15, -0.1) is 0 Å². The van der Waals surface area contributed by atoms with Gasteiger partial charge in [0, 0.05) is 32.5 Å². The minimum Gasteiger partial charge on any atom is -0.355 e. The molecule has 7 nitrogen and oxygen atoms in total. The van der Waals surface area contributed by atoms with Crippen LogP contribution in [0.1, 0.15) is 47.6 Å². The SMILES string of the molecule is CCNC(=O)[C@@H](Cc1ccccc1)N(Cc1ccccc1C)C(=O)CCCN(c1ccc(C)c(C)c1)S(C)(=O)=O. The van der Waals surface area contributed by atoms with Gasteiger partial charge in [-0.2, -0.15) is 0 Å². The van der Waals surface area contributed by atoms with Crippen LogP contribution in [0.3, 0.4) is 0 Å². The highest BCUT2D eigenvalue weighted by Crippen LogP contribution is 2.23. The Morgan fingerprint density at radius 2 is 1.55 bits per heavy atom. The van der Waals surface area contributed by atoms with Crippen molar-refractivity contribution in [3.05, 3.63) is 101 Å². The fourth-order valence-corrected chi connectivity index (χ4v) is 5.66. The molecule has 0 radical (unpaired) electrons. The van der Waals surface area contributed by atoms with Gasteiger partial charge in [-0.1, -0.05) is 60.7 Å². The first-order valence-electron chi connectivity index (χ1n) is 13.7. The van der Waals surface area contributed by atoms with Crippen LogP contribution in [0.2, 0.25) is 0 Å². The van der Waals surface area contributed by atoms with E-state index in [1.54, 1.807) is 11.0 Å². The second-order valence-corrected chi connectivity index (χ2v) is 12.2. The van der Waals surface area contributed by atoms with Gasteiger partial charge >= 0.3 is 0 Å². The molecule has 0 unspecified atom stereocenters. The number of nitrogens with one attached hydrogen (secondary N) is 1. The van der Waals surface area contributed by atoms with Gasteiger partial charge in [0.25, 0.3) is 0 Å². The van der Waals surface area contributed by atoms with Crippen molar-refractivity contribution in [1.29, 1.82) is 0 Å². The van der Waals surface area contributed by atoms with E-state index in [4.69, 9.17) is 0 Å². The van der Waals surface area contributed by atoms with Crippen LogP contribution in [0.15, 0.2) is 72.8 Å². The number of rotatable bonds is 13. The molecule has 0 aromatic heterocycles. The lowest BCUT2D eigenvalue weighted by atomic mass is 10.0. The van der Waals surface area contributed by atoms with Crippen LogP contribution < -0.4 is 9.62 Å². The maximum Gasteiger partial charge on any atom is 0.243 e. The molecular formula is C32H41N3O4S. The number of nitrogens with zero attached hydrogens (tertiary/aromatic N) is 2. The molecule has 0 heterocycles. The van der Waals surface area contributed by atoms with Crippen molar-refractivity contribution in [2.45, 2.75) is 59.5 Å². The smallest absolute Gasteiger partial charge is 0.243 e. The molecule has 0 spiro atoms. The first-order chi connectivity index (χ1) is 19.0. The highest BCUT2D eigenvalue weighted by Gasteiger charge is 2.30. The summed E-state index contributed by atoms with van der Waals surface area (Å²) in [4.78, 5) is 28.8. The Morgan fingerprint density at radius 3 is 2.17 bits per heavy atom. The van der Waals surface area contributed by atoms with Crippen molar-refractivity contribution in [1.82, 2.24) is 10.2 Å². The third-order valence-electron chi connectivity index (χ3n) is 7.15. The molecule has 2 amide bonds. The number of hydrogen-bond acceptors (Lipinski definition) is 4. The van der Waals surface area contributed by atoms with Crippen LogP contribution in [0.25, 0.3) is 0 Å². The van der Waals surface area contributed by atoms with Gasteiger partial charge in [-0.3, -0.25) is 13.9 Å². The first kappa shape index (κ1) is 30.9. The lowest BCUT2D eigenvalue weighted by Crippen LogP contribution is -2.50. The highest BCUT2D eigenvalue weighted by atomic mass is 32.2. The van der Waals surface area contributed by atoms with E-state index < -0.39 is 16.1 Å². The van der Waals surface area contributed by atoms with Crippen molar-refractivity contribution < 1.29 is 18.0 Å². The summed E-state index contributed by atoms with van der Waals surface area (Å²) < 4.78 is 26.7. The van der Waals surface area contributed by atoms with Gasteiger partial charge in [0.05, 0.1) is 11.9 Å². The summed E-state index contributed by atoms with van der Waals surface area (Å²) in [5.41, 5.74) is 5.61. The maximum absolute atomic E-state index is 13.8. The van der Waals surface area contributed by atoms with Crippen molar-refractivity contribution >= 4 is 27.5 Å². The van der Waals surface area contributed by atoms with E-state index in [9.17, 15) is 18.0 Å². The number of amides is 2. The minimum absolute atomic E-state index is 0.105. The molecule has 3 rings (SSSR count). The maximum atomic E-state index is 13.8. The number of sulfonamides is 1. The molecule has 0 saturated carbocycles. The topological polar surface area (TPSA) is 86.8 Å². The molecule has 0 aliphatic rings.